The molecule has 16 heavy (non-hydrogen) atoms. The molecule has 3 N–H and O–H groups in total. The van der Waals surface area contributed by atoms with E-state index in [2.05, 4.69) is 15.0 Å². The smallest absolute Gasteiger partial charge is 0.273 e. The van der Waals surface area contributed by atoms with Crippen molar-refractivity contribution in [2.75, 3.05) is 12.8 Å². The van der Waals surface area contributed by atoms with E-state index < -0.39 is 0 Å². The molecule has 0 aliphatic heterocycles. The van der Waals surface area contributed by atoms with E-state index in [0.29, 0.717) is 17.4 Å². The van der Waals surface area contributed by atoms with E-state index in [-0.39, 0.29) is 5.91 Å². The highest BCUT2D eigenvalue weighted by molar-refractivity contribution is 7.13. The first-order valence-corrected chi connectivity index (χ1v) is 5.49. The standard InChI is InChI=1S/C9H11N5OS/c1-14(4-7-11-2-3-12-7)8(15)6-5-16-9(10)13-6/h2-3,5H,4H2,1H3,(H2,10,13)(H,11,12). The van der Waals surface area contributed by atoms with Gasteiger partial charge in [-0.1, -0.05) is 0 Å². The Labute approximate surface area is 96.1 Å². The lowest BCUT2D eigenvalue weighted by atomic mass is 10.4. The number of aromatic nitrogens is 3. The molecular formula is C9H11N5OS. The summed E-state index contributed by atoms with van der Waals surface area (Å²) in [6, 6.07) is 0. The number of carbonyl (C=O) groups excluding carboxylic acids is 1. The number of nitrogens with two attached hydrogens (primary N) is 1. The lowest BCUT2D eigenvalue weighted by Crippen LogP contribution is -2.27. The zero-order valence-corrected chi connectivity index (χ0v) is 9.49. The predicted molar refractivity (Wildman–Crippen MR) is 60.9 cm³/mol. The van der Waals surface area contributed by atoms with Gasteiger partial charge in [0.05, 0.1) is 6.54 Å². The molecule has 0 radical (unpaired) electrons. The first-order chi connectivity index (χ1) is 7.66. The Kier molecular flexibility index (Phi) is 2.86. The highest BCUT2D eigenvalue weighted by Gasteiger charge is 2.15. The first-order valence-electron chi connectivity index (χ1n) is 4.61. The maximum absolute atomic E-state index is 11.9. The molecule has 2 heterocycles. The van der Waals surface area contributed by atoms with Crippen LogP contribution in [-0.4, -0.2) is 32.8 Å². The van der Waals surface area contributed by atoms with Crippen LogP contribution in [0.2, 0.25) is 0 Å². The number of nitrogens with one attached hydrogen (secondary N) is 1. The van der Waals surface area contributed by atoms with E-state index in [1.807, 2.05) is 0 Å². The minimum Gasteiger partial charge on any atom is -0.375 e. The lowest BCUT2D eigenvalue weighted by molar-refractivity contribution is 0.0777. The Morgan fingerprint density at radius 2 is 2.50 bits per heavy atom. The maximum atomic E-state index is 11.9. The molecule has 2 rings (SSSR count). The fourth-order valence-electron chi connectivity index (χ4n) is 1.26. The van der Waals surface area contributed by atoms with Gasteiger partial charge in [-0.3, -0.25) is 4.79 Å². The van der Waals surface area contributed by atoms with Crippen molar-refractivity contribution in [3.8, 4) is 0 Å². The highest BCUT2D eigenvalue weighted by Crippen LogP contribution is 2.13. The summed E-state index contributed by atoms with van der Waals surface area (Å²) in [4.78, 5) is 24.3. The summed E-state index contributed by atoms with van der Waals surface area (Å²) >= 11 is 1.25. The van der Waals surface area contributed by atoms with E-state index in [1.165, 1.54) is 16.2 Å². The van der Waals surface area contributed by atoms with Crippen LogP contribution in [-0.2, 0) is 6.54 Å². The van der Waals surface area contributed by atoms with Crippen LogP contribution in [0.25, 0.3) is 0 Å². The average molecular weight is 237 g/mol. The number of thiazole rings is 1. The van der Waals surface area contributed by atoms with Crippen LogP contribution in [0.5, 0.6) is 0 Å². The number of hydrogen-bond acceptors (Lipinski definition) is 5. The molecule has 0 fully saturated rings. The van der Waals surface area contributed by atoms with Gasteiger partial charge in [0, 0.05) is 24.8 Å². The molecule has 0 aliphatic carbocycles. The molecule has 2 aromatic rings. The summed E-state index contributed by atoms with van der Waals surface area (Å²) in [7, 11) is 1.69. The third-order valence-corrected chi connectivity index (χ3v) is 2.70. The largest absolute Gasteiger partial charge is 0.375 e. The molecule has 0 saturated carbocycles. The van der Waals surface area contributed by atoms with Crippen LogP contribution in [0.1, 0.15) is 16.3 Å². The summed E-state index contributed by atoms with van der Waals surface area (Å²) in [5.74, 6) is 0.573. The Bertz CT molecular complexity index is 478. The minimum absolute atomic E-state index is 0.163. The third kappa shape index (κ3) is 2.19. The Morgan fingerprint density at radius 1 is 1.69 bits per heavy atom. The van der Waals surface area contributed by atoms with E-state index in [9.17, 15) is 4.79 Å². The predicted octanol–water partition coefficient (Wildman–Crippen LogP) is 0.721. The molecule has 0 saturated heterocycles. The van der Waals surface area contributed by atoms with Gasteiger partial charge in [-0.05, 0) is 0 Å². The summed E-state index contributed by atoms with van der Waals surface area (Å²) in [6.07, 6.45) is 3.36. The molecule has 7 heteroatoms. The number of nitrogens with zero attached hydrogens (tertiary/aromatic N) is 3. The van der Waals surface area contributed by atoms with Crippen LogP contribution in [0, 0.1) is 0 Å². The van der Waals surface area contributed by atoms with Gasteiger partial charge in [0.15, 0.2) is 5.13 Å². The number of H-pyrrole nitrogens is 1. The van der Waals surface area contributed by atoms with Gasteiger partial charge in [-0.15, -0.1) is 11.3 Å². The summed E-state index contributed by atoms with van der Waals surface area (Å²) in [6.45, 7) is 0.420. The van der Waals surface area contributed by atoms with E-state index >= 15 is 0 Å². The van der Waals surface area contributed by atoms with Gasteiger partial charge >= 0.3 is 0 Å². The number of amides is 1. The van der Waals surface area contributed by atoms with Gasteiger partial charge in [0.2, 0.25) is 0 Å². The second-order valence-electron chi connectivity index (χ2n) is 3.27. The molecular weight excluding hydrogens is 226 g/mol. The number of hydrogen-bond donors (Lipinski definition) is 2. The molecule has 1 amide bonds. The normalized spacial score (nSPS) is 10.3. The number of rotatable bonds is 3. The van der Waals surface area contributed by atoms with Crippen molar-refractivity contribution < 1.29 is 4.79 Å². The summed E-state index contributed by atoms with van der Waals surface area (Å²) < 4.78 is 0. The van der Waals surface area contributed by atoms with Crippen molar-refractivity contribution in [3.05, 3.63) is 29.3 Å². The molecule has 2 aromatic heterocycles. The SMILES string of the molecule is CN(Cc1ncc[nH]1)C(=O)c1csc(N)n1. The van der Waals surface area contributed by atoms with Crippen molar-refractivity contribution in [1.82, 2.24) is 19.9 Å². The van der Waals surface area contributed by atoms with Crippen LogP contribution < -0.4 is 5.73 Å². The van der Waals surface area contributed by atoms with Gasteiger partial charge in [0.1, 0.15) is 11.5 Å². The topological polar surface area (TPSA) is 87.9 Å². The zero-order valence-electron chi connectivity index (χ0n) is 8.67. The van der Waals surface area contributed by atoms with E-state index in [1.54, 1.807) is 24.8 Å². The summed E-state index contributed by atoms with van der Waals surface area (Å²) in [5, 5.41) is 2.05. The molecule has 84 valence electrons. The molecule has 0 aromatic carbocycles. The van der Waals surface area contributed by atoms with Gasteiger partial charge < -0.3 is 15.6 Å². The highest BCUT2D eigenvalue weighted by atomic mass is 32.1. The number of aromatic amines is 1. The number of carbonyl (C=O) groups is 1. The van der Waals surface area contributed by atoms with E-state index in [0.717, 1.165) is 5.82 Å². The van der Waals surface area contributed by atoms with E-state index in [4.69, 9.17) is 5.73 Å². The second-order valence-corrected chi connectivity index (χ2v) is 4.16. The van der Waals surface area contributed by atoms with Crippen molar-refractivity contribution in [2.45, 2.75) is 6.54 Å². The fraction of sp³-hybridized carbons (Fsp3) is 0.222. The Hall–Kier alpha value is -1.89. The third-order valence-electron chi connectivity index (χ3n) is 2.03. The van der Waals surface area contributed by atoms with Gasteiger partial charge in [-0.2, -0.15) is 0 Å². The number of anilines is 1. The Morgan fingerprint density at radius 3 is 3.06 bits per heavy atom. The quantitative estimate of drug-likeness (QED) is 0.823. The monoisotopic (exact) mass is 237 g/mol. The van der Waals surface area contributed by atoms with Crippen molar-refractivity contribution in [1.29, 1.82) is 0 Å². The first kappa shape index (κ1) is 10.6. The lowest BCUT2D eigenvalue weighted by Gasteiger charge is -2.13. The molecule has 6 nitrogen and oxygen atoms in total. The number of imidazole rings is 1. The van der Waals surface area contributed by atoms with Crippen LogP contribution in [0.3, 0.4) is 0 Å². The molecule has 0 unspecified atom stereocenters. The Balaban J connectivity index is 2.05. The fourth-order valence-corrected chi connectivity index (χ4v) is 1.80. The van der Waals surface area contributed by atoms with Crippen molar-refractivity contribution in [2.24, 2.45) is 0 Å². The molecule has 0 spiro atoms. The van der Waals surface area contributed by atoms with Crippen molar-refractivity contribution >= 4 is 22.4 Å². The van der Waals surface area contributed by atoms with Gasteiger partial charge in [0.25, 0.3) is 5.91 Å². The molecule has 0 atom stereocenters. The zero-order chi connectivity index (χ0) is 11.5. The van der Waals surface area contributed by atoms with Crippen LogP contribution in [0.15, 0.2) is 17.8 Å². The minimum atomic E-state index is -0.163. The summed E-state index contributed by atoms with van der Waals surface area (Å²) in [5.41, 5.74) is 5.84. The van der Waals surface area contributed by atoms with Crippen molar-refractivity contribution in [3.63, 3.8) is 0 Å². The second kappa shape index (κ2) is 4.31. The maximum Gasteiger partial charge on any atom is 0.273 e. The van der Waals surface area contributed by atoms with Gasteiger partial charge in [-0.25, -0.2) is 9.97 Å². The molecule has 0 aliphatic rings. The number of nitrogen functional groups attached to an aromatic ring is 1. The average Bonchev–Trinajstić information content (AvgIpc) is 2.88. The van der Waals surface area contributed by atoms with Crippen LogP contribution in [0.4, 0.5) is 5.13 Å². The van der Waals surface area contributed by atoms with Crippen LogP contribution >= 0.6 is 11.3 Å². The molecule has 0 bridgehead atoms.